The number of amides is 3. The molecule has 2 rings (SSSR count). The largest absolute Gasteiger partial charge is 0.356 e. The molecule has 0 aromatic heterocycles. The van der Waals surface area contributed by atoms with E-state index in [9.17, 15) is 14.4 Å². The molecule has 1 aromatic carbocycles. The molecule has 1 atom stereocenters. The number of carbonyl (C=O) groups excluding carboxylic acids is 3. The highest BCUT2D eigenvalue weighted by Gasteiger charge is 2.31. The molecule has 3 amide bonds. The molecule has 7 heteroatoms. The maximum absolute atomic E-state index is 13.1. The van der Waals surface area contributed by atoms with Gasteiger partial charge >= 0.3 is 0 Å². The van der Waals surface area contributed by atoms with Gasteiger partial charge in [0.25, 0.3) is 5.91 Å². The van der Waals surface area contributed by atoms with Gasteiger partial charge in [-0.3, -0.25) is 14.4 Å². The summed E-state index contributed by atoms with van der Waals surface area (Å²) in [6.45, 7) is 7.83. The normalized spacial score (nSPS) is 15.8. The lowest BCUT2D eigenvalue weighted by molar-refractivity contribution is -0.137. The van der Waals surface area contributed by atoms with Crippen LogP contribution in [0.15, 0.2) is 24.3 Å². The summed E-state index contributed by atoms with van der Waals surface area (Å²) >= 11 is 5.88. The summed E-state index contributed by atoms with van der Waals surface area (Å²) in [7, 11) is 0. The average molecular weight is 422 g/mol. The van der Waals surface area contributed by atoms with Crippen molar-refractivity contribution < 1.29 is 14.4 Å². The van der Waals surface area contributed by atoms with Gasteiger partial charge in [0, 0.05) is 36.1 Å². The predicted molar refractivity (Wildman–Crippen MR) is 115 cm³/mol. The van der Waals surface area contributed by atoms with Gasteiger partial charge in [-0.1, -0.05) is 32.4 Å². The van der Waals surface area contributed by atoms with E-state index in [-0.39, 0.29) is 29.6 Å². The fourth-order valence-corrected chi connectivity index (χ4v) is 3.64. The van der Waals surface area contributed by atoms with Crippen molar-refractivity contribution in [3.8, 4) is 0 Å². The van der Waals surface area contributed by atoms with E-state index in [1.807, 2.05) is 20.8 Å². The van der Waals surface area contributed by atoms with Gasteiger partial charge in [0.05, 0.1) is 0 Å². The highest BCUT2D eigenvalue weighted by Crippen LogP contribution is 2.20. The zero-order valence-electron chi connectivity index (χ0n) is 17.5. The zero-order valence-corrected chi connectivity index (χ0v) is 18.3. The fourth-order valence-electron chi connectivity index (χ4n) is 3.51. The summed E-state index contributed by atoms with van der Waals surface area (Å²) in [5.41, 5.74) is 0.474. The summed E-state index contributed by atoms with van der Waals surface area (Å²) in [6.07, 6.45) is 2.78. The third kappa shape index (κ3) is 7.03. The number of piperidine rings is 1. The number of hydrogen-bond donors (Lipinski definition) is 2. The molecule has 1 aromatic rings. The second-order valence-electron chi connectivity index (χ2n) is 8.05. The second-order valence-corrected chi connectivity index (χ2v) is 8.49. The number of benzene rings is 1. The summed E-state index contributed by atoms with van der Waals surface area (Å²) in [5, 5.41) is 6.38. The smallest absolute Gasteiger partial charge is 0.251 e. The van der Waals surface area contributed by atoms with Gasteiger partial charge in [-0.25, -0.2) is 0 Å². The standard InChI is InChI=1S/C22H32ClN3O3/c1-4-11-24-20(27)17-9-12-26(13-10-17)22(29)19(14-15(2)3)25-21(28)16-5-7-18(23)8-6-16/h5-8,15,17,19H,4,9-14H2,1-3H3,(H,24,27)(H,25,28). The van der Waals surface area contributed by atoms with Crippen molar-refractivity contribution in [3.05, 3.63) is 34.9 Å². The predicted octanol–water partition coefficient (Wildman–Crippen LogP) is 3.25. The number of nitrogens with zero attached hydrogens (tertiary/aromatic N) is 1. The molecule has 1 heterocycles. The van der Waals surface area contributed by atoms with E-state index in [1.54, 1.807) is 29.2 Å². The van der Waals surface area contributed by atoms with Gasteiger partial charge < -0.3 is 15.5 Å². The molecule has 0 saturated carbocycles. The third-order valence-corrected chi connectivity index (χ3v) is 5.40. The third-order valence-electron chi connectivity index (χ3n) is 5.14. The molecule has 29 heavy (non-hydrogen) atoms. The molecule has 160 valence electrons. The van der Waals surface area contributed by atoms with Crippen molar-refractivity contribution in [2.45, 2.75) is 52.5 Å². The number of likely N-dealkylation sites (tertiary alicyclic amines) is 1. The van der Waals surface area contributed by atoms with Crippen LogP contribution in [0.3, 0.4) is 0 Å². The number of nitrogens with one attached hydrogen (secondary N) is 2. The van der Waals surface area contributed by atoms with Crippen molar-refractivity contribution in [2.75, 3.05) is 19.6 Å². The monoisotopic (exact) mass is 421 g/mol. The molecule has 2 N–H and O–H groups in total. The molecule has 1 unspecified atom stereocenters. The Morgan fingerprint density at radius 1 is 1.14 bits per heavy atom. The van der Waals surface area contributed by atoms with E-state index >= 15 is 0 Å². The zero-order chi connectivity index (χ0) is 21.4. The Labute approximate surface area is 178 Å². The van der Waals surface area contributed by atoms with E-state index in [4.69, 9.17) is 11.6 Å². The van der Waals surface area contributed by atoms with E-state index in [0.717, 1.165) is 6.42 Å². The van der Waals surface area contributed by atoms with E-state index in [0.29, 0.717) is 49.5 Å². The highest BCUT2D eigenvalue weighted by atomic mass is 35.5. The molecular weight excluding hydrogens is 390 g/mol. The molecule has 1 fully saturated rings. The van der Waals surface area contributed by atoms with Gasteiger partial charge in [0.15, 0.2) is 0 Å². The lowest BCUT2D eigenvalue weighted by Crippen LogP contribution is -2.52. The lowest BCUT2D eigenvalue weighted by atomic mass is 9.94. The molecular formula is C22H32ClN3O3. The van der Waals surface area contributed by atoms with Crippen LogP contribution in [0.2, 0.25) is 5.02 Å². The van der Waals surface area contributed by atoms with Crippen molar-refractivity contribution in [2.24, 2.45) is 11.8 Å². The Morgan fingerprint density at radius 2 is 1.76 bits per heavy atom. The number of halogens is 1. The van der Waals surface area contributed by atoms with Crippen molar-refractivity contribution in [1.29, 1.82) is 0 Å². The van der Waals surface area contributed by atoms with Crippen molar-refractivity contribution in [3.63, 3.8) is 0 Å². The second kappa shape index (κ2) is 11.2. The van der Waals surface area contributed by atoms with E-state index in [1.165, 1.54) is 0 Å². The van der Waals surface area contributed by atoms with E-state index in [2.05, 4.69) is 10.6 Å². The molecule has 0 radical (unpaired) electrons. The van der Waals surface area contributed by atoms with Gasteiger partial charge in [0.2, 0.25) is 11.8 Å². The van der Waals surface area contributed by atoms with Crippen LogP contribution in [0, 0.1) is 11.8 Å². The molecule has 1 saturated heterocycles. The molecule has 1 aliphatic heterocycles. The van der Waals surface area contributed by atoms with Crippen LogP contribution >= 0.6 is 11.6 Å². The fraction of sp³-hybridized carbons (Fsp3) is 0.591. The van der Waals surface area contributed by atoms with Crippen LogP contribution in [0.5, 0.6) is 0 Å². The Bertz CT molecular complexity index is 698. The minimum Gasteiger partial charge on any atom is -0.356 e. The topological polar surface area (TPSA) is 78.5 Å². The van der Waals surface area contributed by atoms with Crippen LogP contribution in [0.1, 0.15) is 56.8 Å². The number of carbonyl (C=O) groups is 3. The Hall–Kier alpha value is -2.08. The SMILES string of the molecule is CCCNC(=O)C1CCN(C(=O)C(CC(C)C)NC(=O)c2ccc(Cl)cc2)CC1. The van der Waals surface area contributed by atoms with E-state index < -0.39 is 6.04 Å². The minimum atomic E-state index is -0.580. The van der Waals surface area contributed by atoms with Gasteiger partial charge in [-0.05, 0) is 55.9 Å². The summed E-state index contributed by atoms with van der Waals surface area (Å²) in [4.78, 5) is 39.6. The van der Waals surface area contributed by atoms with Gasteiger partial charge in [0.1, 0.15) is 6.04 Å². The maximum atomic E-state index is 13.1. The molecule has 0 spiro atoms. The summed E-state index contributed by atoms with van der Waals surface area (Å²) in [6, 6.07) is 6.03. The van der Waals surface area contributed by atoms with Crippen LogP contribution in [-0.4, -0.2) is 48.3 Å². The van der Waals surface area contributed by atoms with Crippen LogP contribution in [0.25, 0.3) is 0 Å². The number of rotatable bonds is 8. The van der Waals surface area contributed by atoms with Crippen molar-refractivity contribution >= 4 is 29.3 Å². The summed E-state index contributed by atoms with van der Waals surface area (Å²) in [5.74, 6) is -0.0683. The lowest BCUT2D eigenvalue weighted by Gasteiger charge is -2.34. The van der Waals surface area contributed by atoms with Gasteiger partial charge in [-0.15, -0.1) is 0 Å². The van der Waals surface area contributed by atoms with Crippen LogP contribution in [0.4, 0.5) is 0 Å². The first-order valence-electron chi connectivity index (χ1n) is 10.4. The maximum Gasteiger partial charge on any atom is 0.251 e. The molecule has 0 aliphatic carbocycles. The quantitative estimate of drug-likeness (QED) is 0.676. The molecule has 6 nitrogen and oxygen atoms in total. The Balaban J connectivity index is 1.97. The first-order valence-corrected chi connectivity index (χ1v) is 10.8. The average Bonchev–Trinajstić information content (AvgIpc) is 2.71. The van der Waals surface area contributed by atoms with Crippen LogP contribution < -0.4 is 10.6 Å². The Morgan fingerprint density at radius 3 is 2.31 bits per heavy atom. The Kier molecular flexibility index (Phi) is 8.96. The molecule has 0 bridgehead atoms. The number of hydrogen-bond acceptors (Lipinski definition) is 3. The van der Waals surface area contributed by atoms with Gasteiger partial charge in [-0.2, -0.15) is 0 Å². The highest BCUT2D eigenvalue weighted by molar-refractivity contribution is 6.30. The first-order chi connectivity index (χ1) is 13.8. The molecule has 1 aliphatic rings. The summed E-state index contributed by atoms with van der Waals surface area (Å²) < 4.78 is 0. The minimum absolute atomic E-state index is 0.0437. The van der Waals surface area contributed by atoms with Crippen molar-refractivity contribution in [1.82, 2.24) is 15.5 Å². The van der Waals surface area contributed by atoms with Crippen LogP contribution in [-0.2, 0) is 9.59 Å². The first kappa shape index (κ1) is 23.2.